The molecule has 0 unspecified atom stereocenters. The summed E-state index contributed by atoms with van der Waals surface area (Å²) >= 11 is 0. The van der Waals surface area contributed by atoms with Crippen molar-refractivity contribution < 1.29 is 0 Å². The third kappa shape index (κ3) is 0.698. The van der Waals surface area contributed by atoms with Crippen molar-refractivity contribution >= 4 is 6.21 Å². The number of allylic oxidation sites excluding steroid dienone is 1. The maximum Gasteiger partial charge on any atom is 0.166 e. The molecule has 10 heavy (non-hydrogen) atoms. The quantitative estimate of drug-likeness (QED) is 0.510. The molecule has 0 radical (unpaired) electrons. The Balaban J connectivity index is 2.29. The van der Waals surface area contributed by atoms with Gasteiger partial charge in [0.2, 0.25) is 0 Å². The summed E-state index contributed by atoms with van der Waals surface area (Å²) in [5.74, 6) is 0.921. The monoisotopic (exact) mass is 136 g/mol. The lowest BCUT2D eigenvalue weighted by atomic mass is 10.5. The zero-order valence-corrected chi connectivity index (χ0v) is 5.65. The molecule has 2 aliphatic heterocycles. The molecule has 0 aromatic heterocycles. The SMILES string of the molecule is CN1C=C2N=CC=CN2N1. The summed E-state index contributed by atoms with van der Waals surface area (Å²) in [6.07, 6.45) is 7.48. The zero-order valence-electron chi connectivity index (χ0n) is 5.65. The van der Waals surface area contributed by atoms with E-state index in [0.29, 0.717) is 0 Å². The molecule has 4 heteroatoms. The highest BCUT2D eigenvalue weighted by Gasteiger charge is 2.15. The first-order chi connectivity index (χ1) is 4.86. The summed E-state index contributed by atoms with van der Waals surface area (Å²) in [6, 6.07) is 0. The van der Waals surface area contributed by atoms with Crippen LogP contribution in [-0.2, 0) is 0 Å². The molecular formula is C6H8N4. The topological polar surface area (TPSA) is 30.9 Å². The fraction of sp³-hybridized carbons (Fsp3) is 0.167. The van der Waals surface area contributed by atoms with Crippen LogP contribution in [0.4, 0.5) is 0 Å². The van der Waals surface area contributed by atoms with Crippen LogP contribution in [0, 0.1) is 0 Å². The van der Waals surface area contributed by atoms with Gasteiger partial charge in [0.1, 0.15) is 0 Å². The fourth-order valence-corrected chi connectivity index (χ4v) is 0.935. The van der Waals surface area contributed by atoms with Gasteiger partial charge < -0.3 is 0 Å². The highest BCUT2D eigenvalue weighted by molar-refractivity contribution is 5.73. The molecule has 2 heterocycles. The number of rotatable bonds is 0. The first kappa shape index (κ1) is 5.49. The summed E-state index contributed by atoms with van der Waals surface area (Å²) < 4.78 is 0. The van der Waals surface area contributed by atoms with Gasteiger partial charge in [0.05, 0.1) is 6.20 Å². The van der Waals surface area contributed by atoms with Gasteiger partial charge in [-0.1, -0.05) is 0 Å². The van der Waals surface area contributed by atoms with E-state index in [0.717, 1.165) is 5.82 Å². The number of hydrogen-bond acceptors (Lipinski definition) is 4. The largest absolute Gasteiger partial charge is 0.297 e. The Morgan fingerprint density at radius 1 is 1.60 bits per heavy atom. The van der Waals surface area contributed by atoms with E-state index in [1.807, 2.05) is 35.5 Å². The standard InChI is InChI=1S/C6H8N4/c1-9-5-6-7-3-2-4-10(6)8-9/h2-5,8H,1H3. The van der Waals surface area contributed by atoms with Gasteiger partial charge in [0.15, 0.2) is 5.82 Å². The fourth-order valence-electron chi connectivity index (χ4n) is 0.935. The predicted octanol–water partition coefficient (Wildman–Crippen LogP) is 0.0504. The smallest absolute Gasteiger partial charge is 0.166 e. The number of fused-ring (bicyclic) bond motifs is 1. The average molecular weight is 136 g/mol. The number of aliphatic imine (C=N–C) groups is 1. The molecule has 0 amide bonds. The molecule has 0 bridgehead atoms. The molecule has 0 aromatic carbocycles. The third-order valence-electron chi connectivity index (χ3n) is 1.35. The van der Waals surface area contributed by atoms with Crippen molar-refractivity contribution in [1.29, 1.82) is 0 Å². The van der Waals surface area contributed by atoms with Crippen LogP contribution in [0.15, 0.2) is 29.3 Å². The third-order valence-corrected chi connectivity index (χ3v) is 1.35. The van der Waals surface area contributed by atoms with Gasteiger partial charge in [-0.25, -0.2) is 10.0 Å². The van der Waals surface area contributed by atoms with E-state index < -0.39 is 0 Å². The molecular weight excluding hydrogens is 128 g/mol. The van der Waals surface area contributed by atoms with Crippen LogP contribution in [0.3, 0.4) is 0 Å². The van der Waals surface area contributed by atoms with Gasteiger partial charge in [-0.3, -0.25) is 5.01 Å². The van der Waals surface area contributed by atoms with Crippen molar-refractivity contribution in [3.8, 4) is 0 Å². The van der Waals surface area contributed by atoms with Gasteiger partial charge in [0.25, 0.3) is 0 Å². The van der Waals surface area contributed by atoms with Crippen LogP contribution in [0.1, 0.15) is 0 Å². The van der Waals surface area contributed by atoms with Crippen LogP contribution in [0.2, 0.25) is 0 Å². The molecule has 2 aliphatic rings. The summed E-state index contributed by atoms with van der Waals surface area (Å²) in [4.78, 5) is 4.11. The molecule has 0 saturated carbocycles. The van der Waals surface area contributed by atoms with Crippen molar-refractivity contribution in [2.45, 2.75) is 0 Å². The Bertz CT molecular complexity index is 228. The molecule has 4 nitrogen and oxygen atoms in total. The Morgan fingerprint density at radius 3 is 3.30 bits per heavy atom. The second-order valence-electron chi connectivity index (χ2n) is 2.19. The number of nitrogens with zero attached hydrogens (tertiary/aromatic N) is 3. The van der Waals surface area contributed by atoms with E-state index in [1.165, 1.54) is 0 Å². The summed E-state index contributed by atoms with van der Waals surface area (Å²) in [6.45, 7) is 0. The normalized spacial score (nSPS) is 21.5. The molecule has 0 spiro atoms. The minimum absolute atomic E-state index is 0.921. The minimum Gasteiger partial charge on any atom is -0.297 e. The van der Waals surface area contributed by atoms with Crippen molar-refractivity contribution in [1.82, 2.24) is 15.6 Å². The lowest BCUT2D eigenvalue weighted by Gasteiger charge is -2.17. The van der Waals surface area contributed by atoms with E-state index >= 15 is 0 Å². The summed E-state index contributed by atoms with van der Waals surface area (Å²) in [5.41, 5.74) is 3.03. The minimum atomic E-state index is 0.921. The molecule has 0 aromatic rings. The van der Waals surface area contributed by atoms with E-state index in [9.17, 15) is 0 Å². The van der Waals surface area contributed by atoms with Crippen LogP contribution < -0.4 is 5.53 Å². The highest BCUT2D eigenvalue weighted by Crippen LogP contribution is 2.12. The summed E-state index contributed by atoms with van der Waals surface area (Å²) in [7, 11) is 1.93. The van der Waals surface area contributed by atoms with E-state index in [4.69, 9.17) is 0 Å². The molecule has 1 N–H and O–H groups in total. The predicted molar refractivity (Wildman–Crippen MR) is 38.5 cm³/mol. The number of nitrogens with one attached hydrogen (secondary N) is 1. The average Bonchev–Trinajstić information content (AvgIpc) is 2.27. The van der Waals surface area contributed by atoms with Crippen molar-refractivity contribution in [3.63, 3.8) is 0 Å². The Hall–Kier alpha value is -1.29. The highest BCUT2D eigenvalue weighted by atomic mass is 15.8. The van der Waals surface area contributed by atoms with Gasteiger partial charge in [-0.15, -0.1) is 5.53 Å². The molecule has 52 valence electrons. The van der Waals surface area contributed by atoms with Gasteiger partial charge in [-0.2, -0.15) is 0 Å². The first-order valence-electron chi connectivity index (χ1n) is 3.07. The second kappa shape index (κ2) is 1.85. The van der Waals surface area contributed by atoms with Crippen LogP contribution >= 0.6 is 0 Å². The molecule has 0 fully saturated rings. The molecule has 0 saturated heterocycles. The lowest BCUT2D eigenvalue weighted by Crippen LogP contribution is -2.35. The van der Waals surface area contributed by atoms with Crippen molar-refractivity contribution in [2.75, 3.05) is 7.05 Å². The van der Waals surface area contributed by atoms with Gasteiger partial charge in [-0.05, 0) is 6.08 Å². The number of hydrazine groups is 2. The van der Waals surface area contributed by atoms with Crippen LogP contribution in [0.5, 0.6) is 0 Å². The number of hydrogen-bond donors (Lipinski definition) is 1. The van der Waals surface area contributed by atoms with Crippen LogP contribution in [0.25, 0.3) is 0 Å². The van der Waals surface area contributed by atoms with E-state index in [2.05, 4.69) is 10.5 Å². The molecule has 0 atom stereocenters. The molecule has 2 rings (SSSR count). The lowest BCUT2D eigenvalue weighted by molar-refractivity contribution is 0.203. The second-order valence-corrected chi connectivity index (χ2v) is 2.19. The molecule has 0 aliphatic carbocycles. The van der Waals surface area contributed by atoms with Gasteiger partial charge >= 0.3 is 0 Å². The Morgan fingerprint density at radius 2 is 2.50 bits per heavy atom. The van der Waals surface area contributed by atoms with Gasteiger partial charge in [0, 0.05) is 19.5 Å². The van der Waals surface area contributed by atoms with Crippen molar-refractivity contribution in [3.05, 3.63) is 24.3 Å². The maximum atomic E-state index is 4.11. The Labute approximate surface area is 59.1 Å². The van der Waals surface area contributed by atoms with E-state index in [-0.39, 0.29) is 0 Å². The van der Waals surface area contributed by atoms with Crippen molar-refractivity contribution in [2.24, 2.45) is 4.99 Å². The van der Waals surface area contributed by atoms with Crippen LogP contribution in [-0.4, -0.2) is 23.3 Å². The maximum absolute atomic E-state index is 4.11. The Kier molecular flexibility index (Phi) is 1.01. The zero-order chi connectivity index (χ0) is 6.97. The first-order valence-corrected chi connectivity index (χ1v) is 3.07. The van der Waals surface area contributed by atoms with E-state index in [1.54, 1.807) is 6.21 Å². The summed E-state index contributed by atoms with van der Waals surface area (Å²) in [5, 5.41) is 3.70.